The van der Waals surface area contributed by atoms with Gasteiger partial charge in [-0.2, -0.15) is 0 Å². The van der Waals surface area contributed by atoms with E-state index in [1.165, 1.54) is 0 Å². The van der Waals surface area contributed by atoms with Crippen LogP contribution >= 0.6 is 0 Å². The van der Waals surface area contributed by atoms with E-state index in [0.29, 0.717) is 6.29 Å². The third-order valence-corrected chi connectivity index (χ3v) is 1.45. The largest absolute Gasteiger partial charge is 0.370 e. The van der Waals surface area contributed by atoms with Gasteiger partial charge in [0.05, 0.1) is 6.10 Å². The molecule has 1 saturated carbocycles. The summed E-state index contributed by atoms with van der Waals surface area (Å²) < 4.78 is 28.8. The van der Waals surface area contributed by atoms with Gasteiger partial charge in [-0.1, -0.05) is 0 Å². The zero-order chi connectivity index (χ0) is 7.61. The van der Waals surface area contributed by atoms with Crippen molar-refractivity contribution in [3.05, 3.63) is 0 Å². The zero-order valence-electron chi connectivity index (χ0n) is 5.35. The Bertz CT molecular complexity index is 128. The van der Waals surface area contributed by atoms with Crippen LogP contribution in [0.25, 0.3) is 0 Å². The Morgan fingerprint density at radius 1 is 1.60 bits per heavy atom. The fourth-order valence-corrected chi connectivity index (χ4v) is 0.900. The molecule has 0 aromatic rings. The van der Waals surface area contributed by atoms with E-state index in [-0.39, 0.29) is 19.4 Å². The first kappa shape index (κ1) is 7.60. The molecule has 0 aromatic carbocycles. The molecule has 0 saturated heterocycles. The molecule has 0 amide bonds. The first-order valence-corrected chi connectivity index (χ1v) is 3.07. The van der Waals surface area contributed by atoms with Gasteiger partial charge >= 0.3 is 0 Å². The molecule has 0 heterocycles. The van der Waals surface area contributed by atoms with Crippen molar-refractivity contribution in [3.8, 4) is 0 Å². The van der Waals surface area contributed by atoms with Crippen LogP contribution in [0.15, 0.2) is 0 Å². The number of ether oxygens (including phenoxy) is 1. The Labute approximate surface area is 57.2 Å². The third kappa shape index (κ3) is 1.73. The number of aldehydes is 1. The number of rotatable bonds is 3. The van der Waals surface area contributed by atoms with Crippen molar-refractivity contribution < 1.29 is 18.3 Å². The van der Waals surface area contributed by atoms with Gasteiger partial charge in [0.1, 0.15) is 12.9 Å². The van der Waals surface area contributed by atoms with E-state index < -0.39 is 12.0 Å². The van der Waals surface area contributed by atoms with Gasteiger partial charge < -0.3 is 9.53 Å². The van der Waals surface area contributed by atoms with Gasteiger partial charge in [-0.05, 0) is 0 Å². The second kappa shape index (κ2) is 2.62. The smallest absolute Gasteiger partial charge is 0.253 e. The van der Waals surface area contributed by atoms with Crippen LogP contribution in [0.2, 0.25) is 0 Å². The molecule has 0 atom stereocenters. The number of carbonyl (C=O) groups is 1. The normalized spacial score (nSPS) is 23.8. The van der Waals surface area contributed by atoms with E-state index in [1.807, 2.05) is 0 Å². The van der Waals surface area contributed by atoms with E-state index in [1.54, 1.807) is 0 Å². The molecule has 0 aliphatic heterocycles. The predicted octanol–water partition coefficient (Wildman–Crippen LogP) is 1.000. The Balaban J connectivity index is 2.08. The van der Waals surface area contributed by atoms with Crippen LogP contribution in [-0.2, 0) is 9.53 Å². The molecular weight excluding hydrogens is 142 g/mol. The lowest BCUT2D eigenvalue weighted by Gasteiger charge is -2.33. The summed E-state index contributed by atoms with van der Waals surface area (Å²) in [5.41, 5.74) is 0. The highest BCUT2D eigenvalue weighted by molar-refractivity contribution is 5.50. The molecular formula is C6H8F2O2. The summed E-state index contributed by atoms with van der Waals surface area (Å²) in [6.45, 7) is -0.0687. The number of carbonyl (C=O) groups excluding carboxylic acids is 1. The standard InChI is InChI=1S/C6H8F2O2/c7-6(8)3-5(4-6)10-2-1-9/h1,5H,2-4H2. The maximum atomic E-state index is 12.0. The zero-order valence-corrected chi connectivity index (χ0v) is 5.35. The molecule has 0 aromatic heterocycles. The molecule has 2 nitrogen and oxygen atoms in total. The molecule has 58 valence electrons. The maximum absolute atomic E-state index is 12.0. The van der Waals surface area contributed by atoms with Crippen LogP contribution in [0.1, 0.15) is 12.8 Å². The molecule has 0 spiro atoms. The Morgan fingerprint density at radius 3 is 2.60 bits per heavy atom. The second-order valence-electron chi connectivity index (χ2n) is 2.39. The SMILES string of the molecule is O=CCOC1CC(F)(F)C1. The minimum absolute atomic E-state index is 0.0687. The number of hydrogen-bond donors (Lipinski definition) is 0. The quantitative estimate of drug-likeness (QED) is 0.561. The Kier molecular flexibility index (Phi) is 1.99. The summed E-state index contributed by atoms with van der Waals surface area (Å²) in [7, 11) is 0. The maximum Gasteiger partial charge on any atom is 0.253 e. The highest BCUT2D eigenvalue weighted by Gasteiger charge is 2.45. The van der Waals surface area contributed by atoms with Crippen molar-refractivity contribution in [2.75, 3.05) is 6.61 Å². The van der Waals surface area contributed by atoms with Crippen LogP contribution in [-0.4, -0.2) is 24.9 Å². The summed E-state index contributed by atoms with van der Waals surface area (Å²) in [6, 6.07) is 0. The average molecular weight is 150 g/mol. The van der Waals surface area contributed by atoms with Crippen LogP contribution < -0.4 is 0 Å². The van der Waals surface area contributed by atoms with Crippen molar-refractivity contribution in [1.82, 2.24) is 0 Å². The molecule has 10 heavy (non-hydrogen) atoms. The third-order valence-electron chi connectivity index (χ3n) is 1.45. The van der Waals surface area contributed by atoms with Gasteiger partial charge in [0.15, 0.2) is 0 Å². The van der Waals surface area contributed by atoms with Gasteiger partial charge in [0.2, 0.25) is 0 Å². The van der Waals surface area contributed by atoms with E-state index in [2.05, 4.69) is 0 Å². The Morgan fingerprint density at radius 2 is 2.20 bits per heavy atom. The van der Waals surface area contributed by atoms with E-state index in [9.17, 15) is 13.6 Å². The van der Waals surface area contributed by atoms with Crippen LogP contribution in [0, 0.1) is 0 Å². The summed E-state index contributed by atoms with van der Waals surface area (Å²) in [5.74, 6) is -2.55. The molecule has 0 N–H and O–H groups in total. The van der Waals surface area contributed by atoms with Crippen LogP contribution in [0.4, 0.5) is 8.78 Å². The van der Waals surface area contributed by atoms with Crippen molar-refractivity contribution in [3.63, 3.8) is 0 Å². The van der Waals surface area contributed by atoms with Gasteiger partial charge in [0.25, 0.3) is 5.92 Å². The number of halogens is 2. The Hall–Kier alpha value is -0.510. The lowest BCUT2D eigenvalue weighted by molar-refractivity contribution is -0.166. The molecule has 0 bridgehead atoms. The minimum Gasteiger partial charge on any atom is -0.370 e. The summed E-state index contributed by atoms with van der Waals surface area (Å²) in [6.07, 6.45) is -0.307. The van der Waals surface area contributed by atoms with Crippen molar-refractivity contribution in [1.29, 1.82) is 0 Å². The minimum atomic E-state index is -2.55. The summed E-state index contributed by atoms with van der Waals surface area (Å²) >= 11 is 0. The van der Waals surface area contributed by atoms with Crippen LogP contribution in [0.5, 0.6) is 0 Å². The predicted molar refractivity (Wildman–Crippen MR) is 30.0 cm³/mol. The van der Waals surface area contributed by atoms with E-state index in [4.69, 9.17) is 4.74 Å². The highest BCUT2D eigenvalue weighted by atomic mass is 19.3. The van der Waals surface area contributed by atoms with Gasteiger partial charge in [-0.15, -0.1) is 0 Å². The number of hydrogen-bond acceptors (Lipinski definition) is 2. The van der Waals surface area contributed by atoms with Gasteiger partial charge in [0, 0.05) is 12.8 Å². The fraction of sp³-hybridized carbons (Fsp3) is 0.833. The second-order valence-corrected chi connectivity index (χ2v) is 2.39. The lowest BCUT2D eigenvalue weighted by atomic mass is 9.91. The molecule has 4 heteroatoms. The monoisotopic (exact) mass is 150 g/mol. The van der Waals surface area contributed by atoms with Crippen molar-refractivity contribution in [2.24, 2.45) is 0 Å². The lowest BCUT2D eigenvalue weighted by Crippen LogP contribution is -2.41. The first-order chi connectivity index (χ1) is 4.64. The van der Waals surface area contributed by atoms with Crippen molar-refractivity contribution in [2.45, 2.75) is 24.9 Å². The first-order valence-electron chi connectivity index (χ1n) is 3.07. The number of alkyl halides is 2. The highest BCUT2D eigenvalue weighted by Crippen LogP contribution is 2.38. The average Bonchev–Trinajstić information content (AvgIpc) is 1.78. The topological polar surface area (TPSA) is 26.3 Å². The van der Waals surface area contributed by atoms with Gasteiger partial charge in [-0.25, -0.2) is 8.78 Å². The van der Waals surface area contributed by atoms with Crippen molar-refractivity contribution >= 4 is 6.29 Å². The van der Waals surface area contributed by atoms with E-state index >= 15 is 0 Å². The molecule has 1 aliphatic rings. The van der Waals surface area contributed by atoms with Crippen LogP contribution in [0.3, 0.4) is 0 Å². The molecule has 1 fully saturated rings. The fourth-order valence-electron chi connectivity index (χ4n) is 0.900. The molecule has 0 radical (unpaired) electrons. The summed E-state index contributed by atoms with van der Waals surface area (Å²) in [5, 5.41) is 0. The summed E-state index contributed by atoms with van der Waals surface area (Å²) in [4.78, 5) is 9.70. The molecule has 1 aliphatic carbocycles. The molecule has 0 unspecified atom stereocenters. The molecule has 1 rings (SSSR count). The van der Waals surface area contributed by atoms with E-state index in [0.717, 1.165) is 0 Å². The van der Waals surface area contributed by atoms with Gasteiger partial charge in [-0.3, -0.25) is 0 Å².